The second kappa shape index (κ2) is 6.81. The molecule has 1 saturated heterocycles. The van der Waals surface area contributed by atoms with Gasteiger partial charge in [0.15, 0.2) is 11.5 Å². The van der Waals surface area contributed by atoms with Crippen LogP contribution in [0.4, 0.5) is 5.69 Å². The van der Waals surface area contributed by atoms with Crippen LogP contribution in [0, 0.1) is 6.92 Å². The molecule has 2 aromatic carbocycles. The van der Waals surface area contributed by atoms with Gasteiger partial charge in [-0.1, -0.05) is 18.2 Å². The number of carbonyl (C=O) groups excluding carboxylic acids is 2. The first-order chi connectivity index (χ1) is 14.6. The maximum atomic E-state index is 13.0. The molecule has 150 valence electrons. The fourth-order valence-electron chi connectivity index (χ4n) is 3.83. The Bertz CT molecular complexity index is 1190. The number of furan rings is 1. The molecule has 2 aliphatic heterocycles. The van der Waals surface area contributed by atoms with E-state index in [1.165, 1.54) is 11.2 Å². The van der Waals surface area contributed by atoms with Crippen molar-refractivity contribution in [3.63, 3.8) is 0 Å². The molecular weight excluding hydrogens is 386 g/mol. The van der Waals surface area contributed by atoms with Gasteiger partial charge in [0.1, 0.15) is 17.6 Å². The Morgan fingerprint density at radius 2 is 1.83 bits per heavy atom. The van der Waals surface area contributed by atoms with E-state index in [2.05, 4.69) is 0 Å². The molecule has 3 heterocycles. The normalized spacial score (nSPS) is 19.5. The van der Waals surface area contributed by atoms with Gasteiger partial charge in [-0.3, -0.25) is 14.5 Å². The smallest absolute Gasteiger partial charge is 0.300 e. The molecule has 30 heavy (non-hydrogen) atoms. The van der Waals surface area contributed by atoms with Crippen molar-refractivity contribution in [1.29, 1.82) is 0 Å². The van der Waals surface area contributed by atoms with E-state index in [0.717, 1.165) is 5.56 Å². The van der Waals surface area contributed by atoms with Gasteiger partial charge < -0.3 is 19.0 Å². The van der Waals surface area contributed by atoms with Gasteiger partial charge in [0.05, 0.1) is 11.8 Å². The average molecular weight is 403 g/mol. The third-order valence-corrected chi connectivity index (χ3v) is 5.28. The number of benzene rings is 2. The maximum absolute atomic E-state index is 13.0. The lowest BCUT2D eigenvalue weighted by Gasteiger charge is -2.24. The molecule has 1 atom stereocenters. The molecular formula is C23H17NO6. The fourth-order valence-corrected chi connectivity index (χ4v) is 3.83. The Morgan fingerprint density at radius 3 is 2.60 bits per heavy atom. The minimum absolute atomic E-state index is 0.0444. The monoisotopic (exact) mass is 403 g/mol. The maximum Gasteiger partial charge on any atom is 0.300 e. The third-order valence-electron chi connectivity index (χ3n) is 5.28. The van der Waals surface area contributed by atoms with E-state index in [-0.39, 0.29) is 18.1 Å². The number of nitrogens with zero attached hydrogens (tertiary/aromatic N) is 1. The molecule has 0 spiro atoms. The first kappa shape index (κ1) is 18.1. The number of ether oxygens (including phenoxy) is 2. The fraction of sp³-hybridized carbons (Fsp3) is 0.130. The van der Waals surface area contributed by atoms with Crippen LogP contribution in [0.15, 0.2) is 70.9 Å². The topological polar surface area (TPSA) is 89.2 Å². The summed E-state index contributed by atoms with van der Waals surface area (Å²) in [6.07, 6.45) is 1.47. The van der Waals surface area contributed by atoms with Gasteiger partial charge in [-0.25, -0.2) is 0 Å². The van der Waals surface area contributed by atoms with E-state index in [0.29, 0.717) is 28.5 Å². The van der Waals surface area contributed by atoms with Gasteiger partial charge in [0, 0.05) is 11.3 Å². The van der Waals surface area contributed by atoms with Crippen molar-refractivity contribution < 1.29 is 28.6 Å². The second-order valence-electron chi connectivity index (χ2n) is 7.04. The van der Waals surface area contributed by atoms with E-state index in [9.17, 15) is 14.7 Å². The average Bonchev–Trinajstić information content (AvgIpc) is 3.48. The number of rotatable bonds is 3. The predicted octanol–water partition coefficient (Wildman–Crippen LogP) is 3.94. The van der Waals surface area contributed by atoms with Crippen LogP contribution in [0.3, 0.4) is 0 Å². The van der Waals surface area contributed by atoms with Crippen LogP contribution < -0.4 is 14.4 Å². The van der Waals surface area contributed by atoms with Crippen molar-refractivity contribution in [1.82, 2.24) is 0 Å². The number of aliphatic hydroxyl groups is 1. The predicted molar refractivity (Wildman–Crippen MR) is 107 cm³/mol. The summed E-state index contributed by atoms with van der Waals surface area (Å²) in [7, 11) is 0. The molecule has 1 aromatic heterocycles. The summed E-state index contributed by atoms with van der Waals surface area (Å²) in [5, 5.41) is 11.1. The minimum Gasteiger partial charge on any atom is -0.507 e. The van der Waals surface area contributed by atoms with Crippen molar-refractivity contribution >= 4 is 23.1 Å². The Morgan fingerprint density at radius 1 is 1.03 bits per heavy atom. The summed E-state index contributed by atoms with van der Waals surface area (Å²) in [6.45, 7) is 1.94. The summed E-state index contributed by atoms with van der Waals surface area (Å²) in [5.41, 5.74) is 1.69. The molecule has 2 aliphatic rings. The zero-order valence-corrected chi connectivity index (χ0v) is 16.0. The van der Waals surface area contributed by atoms with E-state index in [4.69, 9.17) is 13.9 Å². The van der Waals surface area contributed by atoms with Crippen LogP contribution >= 0.6 is 0 Å². The highest BCUT2D eigenvalue weighted by Crippen LogP contribution is 2.44. The molecule has 1 N–H and O–H groups in total. The van der Waals surface area contributed by atoms with Crippen LogP contribution in [0.5, 0.6) is 11.5 Å². The van der Waals surface area contributed by atoms with Crippen molar-refractivity contribution in [2.24, 2.45) is 0 Å². The lowest BCUT2D eigenvalue weighted by molar-refractivity contribution is -0.132. The molecule has 7 nitrogen and oxygen atoms in total. The van der Waals surface area contributed by atoms with Gasteiger partial charge in [0.2, 0.25) is 6.79 Å². The van der Waals surface area contributed by atoms with Crippen LogP contribution in [0.25, 0.3) is 5.76 Å². The summed E-state index contributed by atoms with van der Waals surface area (Å²) in [6, 6.07) is 14.6. The van der Waals surface area contributed by atoms with Gasteiger partial charge in [-0.2, -0.15) is 0 Å². The zero-order valence-electron chi connectivity index (χ0n) is 16.0. The number of para-hydroxylation sites is 1. The number of carbonyl (C=O) groups is 2. The van der Waals surface area contributed by atoms with E-state index in [1.54, 1.807) is 42.5 Å². The van der Waals surface area contributed by atoms with Gasteiger partial charge in [0.25, 0.3) is 11.7 Å². The first-order valence-corrected chi connectivity index (χ1v) is 9.36. The Balaban J connectivity index is 1.70. The van der Waals surface area contributed by atoms with Crippen LogP contribution in [-0.4, -0.2) is 23.6 Å². The van der Waals surface area contributed by atoms with Gasteiger partial charge >= 0.3 is 0 Å². The van der Waals surface area contributed by atoms with E-state index < -0.39 is 17.7 Å². The van der Waals surface area contributed by atoms with Crippen molar-refractivity contribution in [2.75, 3.05) is 11.7 Å². The molecule has 0 bridgehead atoms. The van der Waals surface area contributed by atoms with Gasteiger partial charge in [-0.05, 0) is 48.9 Å². The molecule has 1 unspecified atom stereocenters. The second-order valence-corrected chi connectivity index (χ2v) is 7.04. The van der Waals surface area contributed by atoms with Crippen molar-refractivity contribution in [3.8, 4) is 11.5 Å². The molecule has 0 saturated carbocycles. The lowest BCUT2D eigenvalue weighted by atomic mass is 9.98. The van der Waals surface area contributed by atoms with Crippen LogP contribution in [0.2, 0.25) is 0 Å². The van der Waals surface area contributed by atoms with Crippen molar-refractivity contribution in [2.45, 2.75) is 13.0 Å². The molecule has 3 aromatic rings. The van der Waals surface area contributed by atoms with E-state index >= 15 is 0 Å². The number of amides is 1. The number of aryl methyl sites for hydroxylation is 1. The highest BCUT2D eigenvalue weighted by atomic mass is 16.7. The number of ketones is 1. The SMILES string of the molecule is Cc1ccccc1N1C(=O)C(=O)/C(=C(\O)c2ccc3c(c2)OCO3)C1c1ccco1. The highest BCUT2D eigenvalue weighted by molar-refractivity contribution is 6.51. The molecule has 5 rings (SSSR count). The lowest BCUT2D eigenvalue weighted by Crippen LogP contribution is -2.29. The molecule has 0 radical (unpaired) electrons. The number of anilines is 1. The number of hydrogen-bond acceptors (Lipinski definition) is 6. The third kappa shape index (κ3) is 2.67. The molecule has 1 amide bonds. The largest absolute Gasteiger partial charge is 0.507 e. The summed E-state index contributed by atoms with van der Waals surface area (Å²) in [4.78, 5) is 27.5. The zero-order chi connectivity index (χ0) is 20.8. The summed E-state index contributed by atoms with van der Waals surface area (Å²) >= 11 is 0. The number of Topliss-reactive ketones (excluding diaryl/α,β-unsaturated/α-hetero) is 1. The Kier molecular flexibility index (Phi) is 4.10. The highest BCUT2D eigenvalue weighted by Gasteiger charge is 2.48. The Labute approximate surface area is 171 Å². The number of aliphatic hydroxyl groups excluding tert-OH is 1. The van der Waals surface area contributed by atoms with Crippen LogP contribution in [0.1, 0.15) is 22.9 Å². The van der Waals surface area contributed by atoms with Gasteiger partial charge in [-0.15, -0.1) is 0 Å². The standard InChI is InChI=1S/C23H17NO6/c1-13-5-2-3-6-15(13)24-20(17-7-4-10-28-17)19(22(26)23(24)27)21(25)14-8-9-16-18(11-14)30-12-29-16/h2-11,20,25H,12H2,1H3/b21-19-. The van der Waals surface area contributed by atoms with Crippen molar-refractivity contribution in [3.05, 3.63) is 83.3 Å². The minimum atomic E-state index is -0.897. The first-order valence-electron chi connectivity index (χ1n) is 9.36. The number of fused-ring (bicyclic) bond motifs is 1. The number of hydrogen-bond donors (Lipinski definition) is 1. The molecule has 7 heteroatoms. The summed E-state index contributed by atoms with van der Waals surface area (Å²) in [5.74, 6) is -0.428. The molecule has 1 fully saturated rings. The Hall–Kier alpha value is -4.00. The van der Waals surface area contributed by atoms with E-state index in [1.807, 2.05) is 19.1 Å². The van der Waals surface area contributed by atoms with Crippen LogP contribution in [-0.2, 0) is 9.59 Å². The molecule has 0 aliphatic carbocycles. The quantitative estimate of drug-likeness (QED) is 0.405. The summed E-state index contributed by atoms with van der Waals surface area (Å²) < 4.78 is 16.2.